The Balaban J connectivity index is 2.18. The number of rotatable bonds is 6. The van der Waals surface area contributed by atoms with Crippen molar-refractivity contribution in [2.45, 2.75) is 58.0 Å². The smallest absolute Gasteiger partial charge is 0.329 e. The number of hydrogen-bond acceptors (Lipinski definition) is 3. The van der Waals surface area contributed by atoms with Gasteiger partial charge in [-0.25, -0.2) is 4.79 Å². The minimum absolute atomic E-state index is 0.0280. The summed E-state index contributed by atoms with van der Waals surface area (Å²) in [4.78, 5) is 25.5. The van der Waals surface area contributed by atoms with Crippen molar-refractivity contribution >= 4 is 20.1 Å². The summed E-state index contributed by atoms with van der Waals surface area (Å²) in [5, 5.41) is -0.0280. The summed E-state index contributed by atoms with van der Waals surface area (Å²) in [5.74, 6) is -0.580. The van der Waals surface area contributed by atoms with Gasteiger partial charge in [0.2, 0.25) is 5.91 Å². The molecule has 1 heterocycles. The number of allylic oxidation sites excluding steroid dienone is 1. The van der Waals surface area contributed by atoms with Crippen molar-refractivity contribution in [3.63, 3.8) is 0 Å². The number of carbonyl (C=O) groups is 2. The minimum Gasteiger partial charge on any atom is -0.459 e. The van der Waals surface area contributed by atoms with Crippen LogP contribution in [0.5, 0.6) is 0 Å². The van der Waals surface area contributed by atoms with E-state index < -0.39 is 14.3 Å². The van der Waals surface area contributed by atoms with E-state index in [2.05, 4.69) is 40.4 Å². The van der Waals surface area contributed by atoms with Crippen molar-refractivity contribution in [2.75, 3.05) is 0 Å². The van der Waals surface area contributed by atoms with Crippen molar-refractivity contribution in [1.29, 1.82) is 0 Å². The molecule has 0 aliphatic carbocycles. The highest BCUT2D eigenvalue weighted by atomic mass is 28.3. The van der Waals surface area contributed by atoms with Crippen LogP contribution in [0.4, 0.5) is 0 Å². The highest BCUT2D eigenvalue weighted by Crippen LogP contribution is 2.45. The Morgan fingerprint density at radius 2 is 1.88 bits per heavy atom. The molecule has 0 bridgehead atoms. The fourth-order valence-electron chi connectivity index (χ4n) is 3.03. The second-order valence-electron chi connectivity index (χ2n) is 8.19. The molecule has 1 unspecified atom stereocenters. The standard InChI is InChI=1S/C20H29NO3Si/c1-7-11-16-17(19(23)24-14-15-12-9-8-10-13-15)21(18(16)22)25(5,6)20(2,3)4/h7-10,12-13,16-17H,1,11,14H2,2-6H3/t16?,17-/m0/s1. The Morgan fingerprint density at radius 1 is 1.28 bits per heavy atom. The maximum atomic E-state index is 12.8. The highest BCUT2D eigenvalue weighted by molar-refractivity contribution is 6.80. The van der Waals surface area contributed by atoms with Gasteiger partial charge in [-0.3, -0.25) is 4.79 Å². The van der Waals surface area contributed by atoms with E-state index in [4.69, 9.17) is 4.74 Å². The fourth-order valence-corrected chi connectivity index (χ4v) is 5.45. The van der Waals surface area contributed by atoms with E-state index in [0.29, 0.717) is 6.42 Å². The van der Waals surface area contributed by atoms with Crippen molar-refractivity contribution in [2.24, 2.45) is 5.92 Å². The predicted octanol–water partition coefficient (Wildman–Crippen LogP) is 4.14. The molecule has 0 spiro atoms. The molecule has 1 aliphatic rings. The van der Waals surface area contributed by atoms with Gasteiger partial charge in [-0.1, -0.05) is 70.3 Å². The van der Waals surface area contributed by atoms with Gasteiger partial charge in [-0.05, 0) is 17.0 Å². The third-order valence-electron chi connectivity index (χ3n) is 5.54. The number of nitrogens with zero attached hydrogens (tertiary/aromatic N) is 1. The molecule has 1 saturated heterocycles. The van der Waals surface area contributed by atoms with Crippen LogP contribution in [0.1, 0.15) is 32.8 Å². The number of amides is 1. The van der Waals surface area contributed by atoms with Crippen LogP contribution < -0.4 is 0 Å². The lowest BCUT2D eigenvalue weighted by Gasteiger charge is -2.57. The molecule has 25 heavy (non-hydrogen) atoms. The zero-order valence-corrected chi connectivity index (χ0v) is 16.9. The lowest BCUT2D eigenvalue weighted by molar-refractivity contribution is -0.168. The van der Waals surface area contributed by atoms with E-state index in [1.807, 2.05) is 34.9 Å². The highest BCUT2D eigenvalue weighted by Gasteiger charge is 2.59. The number of benzene rings is 1. The Kier molecular flexibility index (Phi) is 5.57. The quantitative estimate of drug-likeness (QED) is 0.332. The Bertz CT molecular complexity index is 649. The predicted molar refractivity (Wildman–Crippen MR) is 102 cm³/mol. The molecule has 2 atom stereocenters. The van der Waals surface area contributed by atoms with Crippen LogP contribution >= 0.6 is 0 Å². The average molecular weight is 360 g/mol. The van der Waals surface area contributed by atoms with E-state index >= 15 is 0 Å². The summed E-state index contributed by atoms with van der Waals surface area (Å²) >= 11 is 0. The molecule has 1 fully saturated rings. The number of carbonyl (C=O) groups excluding carboxylic acids is 2. The first-order chi connectivity index (χ1) is 11.6. The van der Waals surface area contributed by atoms with Crippen LogP contribution in [0.15, 0.2) is 43.0 Å². The monoisotopic (exact) mass is 359 g/mol. The molecule has 1 aliphatic heterocycles. The topological polar surface area (TPSA) is 46.6 Å². The van der Waals surface area contributed by atoms with Gasteiger partial charge in [0.1, 0.15) is 12.6 Å². The first kappa shape index (κ1) is 19.4. The van der Waals surface area contributed by atoms with Crippen LogP contribution in [0.2, 0.25) is 18.1 Å². The molecule has 1 aromatic rings. The third kappa shape index (κ3) is 3.71. The van der Waals surface area contributed by atoms with Gasteiger partial charge in [-0.2, -0.15) is 0 Å². The largest absolute Gasteiger partial charge is 0.459 e. The molecule has 0 radical (unpaired) electrons. The van der Waals surface area contributed by atoms with Gasteiger partial charge in [0, 0.05) is 0 Å². The van der Waals surface area contributed by atoms with E-state index in [0.717, 1.165) is 5.56 Å². The third-order valence-corrected chi connectivity index (χ3v) is 10.9. The molecule has 0 N–H and O–H groups in total. The number of hydrogen-bond donors (Lipinski definition) is 0. The second-order valence-corrected chi connectivity index (χ2v) is 13.3. The normalized spacial score (nSPS) is 20.8. The van der Waals surface area contributed by atoms with Gasteiger partial charge in [0.05, 0.1) is 5.92 Å². The van der Waals surface area contributed by atoms with Gasteiger partial charge in [0.25, 0.3) is 0 Å². The van der Waals surface area contributed by atoms with Gasteiger partial charge in [-0.15, -0.1) is 6.58 Å². The average Bonchev–Trinajstić information content (AvgIpc) is 2.54. The second kappa shape index (κ2) is 7.16. The van der Waals surface area contributed by atoms with Crippen LogP contribution in [0.3, 0.4) is 0 Å². The van der Waals surface area contributed by atoms with E-state index in [9.17, 15) is 9.59 Å². The van der Waals surface area contributed by atoms with Crippen molar-refractivity contribution in [3.05, 3.63) is 48.6 Å². The molecular formula is C20H29NO3Si. The SMILES string of the molecule is C=CCC1C(=O)N([Si](C)(C)C(C)(C)C)[C@@H]1C(=O)OCc1ccccc1. The molecule has 1 amide bonds. The molecule has 0 aromatic heterocycles. The minimum atomic E-state index is -2.14. The van der Waals surface area contributed by atoms with Crippen molar-refractivity contribution in [1.82, 2.24) is 4.57 Å². The Labute approximate surface area is 152 Å². The fraction of sp³-hybridized carbons (Fsp3) is 0.500. The van der Waals surface area contributed by atoms with Gasteiger partial charge < -0.3 is 9.30 Å². The van der Waals surface area contributed by atoms with Crippen molar-refractivity contribution < 1.29 is 14.3 Å². The van der Waals surface area contributed by atoms with Crippen molar-refractivity contribution in [3.8, 4) is 0 Å². The number of β-lactam (4-membered cyclic amide) rings is 1. The summed E-state index contributed by atoms with van der Waals surface area (Å²) in [6.07, 6.45) is 2.22. The summed E-state index contributed by atoms with van der Waals surface area (Å²) in [7, 11) is -2.14. The lowest BCUT2D eigenvalue weighted by atomic mass is 9.87. The van der Waals surface area contributed by atoms with Crippen LogP contribution in [-0.4, -0.2) is 30.7 Å². The van der Waals surface area contributed by atoms with Crippen LogP contribution in [0.25, 0.3) is 0 Å². The Hall–Kier alpha value is -1.88. The van der Waals surface area contributed by atoms with E-state index in [1.165, 1.54) is 0 Å². The molecule has 5 heteroatoms. The molecule has 2 rings (SSSR count). The summed E-state index contributed by atoms with van der Waals surface area (Å²) in [6, 6.07) is 9.11. The summed E-state index contributed by atoms with van der Waals surface area (Å²) in [6.45, 7) is 14.7. The molecule has 1 aromatic carbocycles. The van der Waals surface area contributed by atoms with E-state index in [-0.39, 0.29) is 29.4 Å². The van der Waals surface area contributed by atoms with Gasteiger partial charge in [0.15, 0.2) is 8.24 Å². The Morgan fingerprint density at radius 3 is 2.40 bits per heavy atom. The number of esters is 1. The van der Waals surface area contributed by atoms with E-state index in [1.54, 1.807) is 6.08 Å². The zero-order valence-electron chi connectivity index (χ0n) is 15.9. The van der Waals surface area contributed by atoms with Crippen LogP contribution in [0, 0.1) is 5.92 Å². The number of ether oxygens (including phenoxy) is 1. The lowest BCUT2D eigenvalue weighted by Crippen LogP contribution is -2.74. The molecular weight excluding hydrogens is 330 g/mol. The first-order valence-electron chi connectivity index (χ1n) is 8.76. The maximum absolute atomic E-state index is 12.8. The molecule has 0 saturated carbocycles. The molecule has 4 nitrogen and oxygen atoms in total. The van der Waals surface area contributed by atoms with Gasteiger partial charge >= 0.3 is 5.97 Å². The summed E-state index contributed by atoms with van der Waals surface area (Å²) in [5.41, 5.74) is 0.945. The maximum Gasteiger partial charge on any atom is 0.329 e. The molecule has 136 valence electrons. The summed E-state index contributed by atoms with van der Waals surface area (Å²) < 4.78 is 7.39. The zero-order chi connectivity index (χ0) is 18.8. The van der Waals surface area contributed by atoms with Crippen LogP contribution in [-0.2, 0) is 20.9 Å². The first-order valence-corrected chi connectivity index (χ1v) is 11.7.